The van der Waals surface area contributed by atoms with Crippen molar-refractivity contribution in [3.8, 4) is 0 Å². The minimum Gasteiger partial charge on any atom is -0.790 e. The molecule has 0 aromatic heterocycles. The van der Waals surface area contributed by atoms with E-state index in [1.165, 1.54) is 6.92 Å². The van der Waals surface area contributed by atoms with Gasteiger partial charge in [-0.25, -0.2) is 4.31 Å². The molecule has 0 radical (unpaired) electrons. The van der Waals surface area contributed by atoms with E-state index >= 15 is 0 Å². The third-order valence-electron chi connectivity index (χ3n) is 1.31. The van der Waals surface area contributed by atoms with E-state index in [0.29, 0.717) is 5.57 Å². The average molecular weight is 430 g/mol. The van der Waals surface area contributed by atoms with Gasteiger partial charge in [-0.15, -0.1) is 0 Å². The average Bonchev–Trinajstić information content (AvgIpc) is 2.10. The second-order valence-electron chi connectivity index (χ2n) is 3.01. The zero-order valence-corrected chi connectivity index (χ0v) is 24.0. The molecule has 0 spiro atoms. The third kappa shape index (κ3) is 24.1. The molecule has 2 atom stereocenters. The fourth-order valence-corrected chi connectivity index (χ4v) is 3.41. The van der Waals surface area contributed by atoms with E-state index in [9.17, 15) is 33.3 Å². The van der Waals surface area contributed by atoms with Crippen LogP contribution in [0.3, 0.4) is 0 Å². The van der Waals surface area contributed by atoms with Crippen LogP contribution in [-0.4, -0.2) is 18.3 Å². The van der Waals surface area contributed by atoms with Crippen LogP contribution in [0.5, 0.6) is 0 Å². The zero-order chi connectivity index (χ0) is 15.3. The molecule has 2 unspecified atom stereocenters. The van der Waals surface area contributed by atoms with Crippen LogP contribution in [0.4, 0.5) is 0 Å². The van der Waals surface area contributed by atoms with Gasteiger partial charge in [-0.1, -0.05) is 6.08 Å². The quantitative estimate of drug-likeness (QED) is 0.218. The van der Waals surface area contributed by atoms with Crippen LogP contribution in [-0.2, 0) is 26.8 Å². The van der Waals surface area contributed by atoms with E-state index in [-0.39, 0.29) is 125 Å². The molecular formula is C5H9Na4O11P3. The molecule has 0 aliphatic rings. The van der Waals surface area contributed by atoms with Crippen molar-refractivity contribution in [2.75, 3.05) is 13.2 Å². The van der Waals surface area contributed by atoms with E-state index in [0.717, 1.165) is 6.08 Å². The van der Waals surface area contributed by atoms with Crippen LogP contribution < -0.4 is 138 Å². The Morgan fingerprint density at radius 1 is 0.957 bits per heavy atom. The maximum atomic E-state index is 10.9. The number of phosphoric acid groups is 3. The van der Waals surface area contributed by atoms with Gasteiger partial charge in [-0.05, 0) is 12.5 Å². The Kier molecular flexibility index (Phi) is 28.0. The number of aliphatic hydroxyl groups excluding tert-OH is 1. The number of hydrogen-bond donors (Lipinski definition) is 1. The second kappa shape index (κ2) is 17.0. The molecule has 23 heavy (non-hydrogen) atoms. The molecule has 0 amide bonds. The van der Waals surface area contributed by atoms with Crippen molar-refractivity contribution in [2.24, 2.45) is 0 Å². The van der Waals surface area contributed by atoms with Gasteiger partial charge in [-0.2, -0.15) is 0 Å². The molecule has 0 saturated carbocycles. The summed E-state index contributed by atoms with van der Waals surface area (Å²) < 4.78 is 41.9. The molecule has 0 aromatic rings. The number of phosphoric ester groups is 1. The standard InChI is InChI=1S/C5H13O11P3.4Na/c1-5(4-6)2-3-14-18(10,11)16-19(12,13)15-17(7,8)9;;;;/h2,6H,3-4H2,1H3,(H,10,11)(H,12,13)(H2,7,8,9);;;;/q;4*+1/p-4/b5-2+;;;;. The molecule has 0 heterocycles. The van der Waals surface area contributed by atoms with Gasteiger partial charge in [0.15, 0.2) is 0 Å². The van der Waals surface area contributed by atoms with Gasteiger partial charge in [-0.3, -0.25) is 13.4 Å². The minimum atomic E-state index is -5.98. The predicted molar refractivity (Wildman–Crippen MR) is 51.8 cm³/mol. The minimum absolute atomic E-state index is 0. The molecule has 0 fully saturated rings. The van der Waals surface area contributed by atoms with Crippen LogP contribution in [0.25, 0.3) is 0 Å². The molecule has 0 aliphatic carbocycles. The zero-order valence-electron chi connectivity index (χ0n) is 13.4. The molecular weight excluding hydrogens is 421 g/mol. The summed E-state index contributed by atoms with van der Waals surface area (Å²) >= 11 is 0. The number of aliphatic hydroxyl groups is 1. The van der Waals surface area contributed by atoms with Crippen molar-refractivity contribution in [3.63, 3.8) is 0 Å². The fraction of sp³-hybridized carbons (Fsp3) is 0.600. The van der Waals surface area contributed by atoms with Gasteiger partial charge < -0.3 is 33.8 Å². The number of hydrogen-bond acceptors (Lipinski definition) is 11. The van der Waals surface area contributed by atoms with Crippen molar-refractivity contribution in [1.82, 2.24) is 0 Å². The smallest absolute Gasteiger partial charge is 0.790 e. The molecule has 0 bridgehead atoms. The van der Waals surface area contributed by atoms with E-state index < -0.39 is 30.1 Å². The predicted octanol–water partition coefficient (Wildman–Crippen LogP) is -14.2. The first-order valence-corrected chi connectivity index (χ1v) is 8.73. The summed E-state index contributed by atoms with van der Waals surface area (Å²) in [5.74, 6) is 0. The summed E-state index contributed by atoms with van der Waals surface area (Å²) in [6.07, 6.45) is 1.09. The van der Waals surface area contributed by atoms with Crippen LogP contribution in [0.2, 0.25) is 0 Å². The molecule has 11 nitrogen and oxygen atoms in total. The Morgan fingerprint density at radius 3 is 1.74 bits per heavy atom. The Morgan fingerprint density at radius 2 is 1.39 bits per heavy atom. The van der Waals surface area contributed by atoms with Gasteiger partial charge in [0.2, 0.25) is 0 Å². The third-order valence-corrected chi connectivity index (χ3v) is 4.98. The number of rotatable bonds is 8. The van der Waals surface area contributed by atoms with Crippen molar-refractivity contribution < 1.29 is 170 Å². The van der Waals surface area contributed by atoms with Crippen LogP contribution in [0.15, 0.2) is 11.6 Å². The van der Waals surface area contributed by atoms with Crippen molar-refractivity contribution >= 4 is 23.5 Å². The first-order valence-electron chi connectivity index (χ1n) is 4.35. The molecule has 1 N–H and O–H groups in total. The van der Waals surface area contributed by atoms with E-state index in [1.807, 2.05) is 0 Å². The van der Waals surface area contributed by atoms with Crippen LogP contribution >= 0.6 is 23.5 Å². The molecule has 0 rings (SSSR count). The topological polar surface area (TPSA) is 191 Å². The Bertz CT molecular complexity index is 478. The summed E-state index contributed by atoms with van der Waals surface area (Å²) in [6.45, 7) is 0.373. The van der Waals surface area contributed by atoms with Crippen LogP contribution in [0.1, 0.15) is 6.92 Å². The summed E-state index contributed by atoms with van der Waals surface area (Å²) in [4.78, 5) is 41.7. The second-order valence-corrected chi connectivity index (χ2v) is 7.26. The maximum absolute atomic E-state index is 10.9. The van der Waals surface area contributed by atoms with Gasteiger partial charge in [0, 0.05) is 0 Å². The van der Waals surface area contributed by atoms with Gasteiger partial charge in [0.05, 0.1) is 21.0 Å². The van der Waals surface area contributed by atoms with E-state index in [4.69, 9.17) is 5.11 Å². The Hall–Kier alpha value is 4.11. The van der Waals surface area contributed by atoms with Gasteiger partial charge >= 0.3 is 118 Å². The summed E-state index contributed by atoms with van der Waals surface area (Å²) in [5.41, 5.74) is 0.324. The molecule has 18 heteroatoms. The normalized spacial score (nSPS) is 16.3. The monoisotopic (exact) mass is 430 g/mol. The molecule has 114 valence electrons. The van der Waals surface area contributed by atoms with Crippen molar-refractivity contribution in [1.29, 1.82) is 0 Å². The first-order chi connectivity index (χ1) is 8.37. The van der Waals surface area contributed by atoms with Gasteiger partial charge in [0.25, 0.3) is 15.6 Å². The van der Waals surface area contributed by atoms with Crippen LogP contribution in [0, 0.1) is 0 Å². The SMILES string of the molecule is C/C(=C\COP(=O)([O-])OP(=O)([O-])OP(=O)([O-])[O-])CO.[Na+].[Na+].[Na+].[Na+]. The van der Waals surface area contributed by atoms with Crippen molar-refractivity contribution in [2.45, 2.75) is 6.92 Å². The fourth-order valence-electron chi connectivity index (χ4n) is 0.619. The molecule has 0 saturated heterocycles. The first kappa shape index (κ1) is 37.8. The summed E-state index contributed by atoms with van der Waals surface area (Å²) in [6, 6.07) is 0. The van der Waals surface area contributed by atoms with Crippen molar-refractivity contribution in [3.05, 3.63) is 11.6 Å². The van der Waals surface area contributed by atoms with Gasteiger partial charge in [0.1, 0.15) is 0 Å². The molecule has 0 aliphatic heterocycles. The maximum Gasteiger partial charge on any atom is 1.00 e. The molecule has 0 aromatic carbocycles. The Balaban J connectivity index is -0.000000270. The summed E-state index contributed by atoms with van der Waals surface area (Å²) in [5, 5.41) is 8.56. The summed E-state index contributed by atoms with van der Waals surface area (Å²) in [7, 11) is -17.3. The van der Waals surface area contributed by atoms with E-state index in [1.54, 1.807) is 0 Å². The Labute approximate surface area is 221 Å². The van der Waals surface area contributed by atoms with E-state index in [2.05, 4.69) is 13.1 Å². The largest absolute Gasteiger partial charge is 1.00 e.